The van der Waals surface area contributed by atoms with Gasteiger partial charge in [-0.3, -0.25) is 0 Å². The van der Waals surface area contributed by atoms with Crippen LogP contribution in [0.4, 0.5) is 11.4 Å². The van der Waals surface area contributed by atoms with Crippen molar-refractivity contribution < 1.29 is 0 Å². The zero-order valence-electron chi connectivity index (χ0n) is 9.55. The molecule has 0 aliphatic rings. The third-order valence-corrected chi connectivity index (χ3v) is 3.06. The van der Waals surface area contributed by atoms with Crippen LogP contribution < -0.4 is 11.1 Å². The van der Waals surface area contributed by atoms with Crippen LogP contribution in [-0.4, -0.2) is 6.54 Å². The Morgan fingerprint density at radius 1 is 1.33 bits per heavy atom. The zero-order valence-corrected chi connectivity index (χ0v) is 10.3. The van der Waals surface area contributed by atoms with E-state index in [0.29, 0.717) is 22.5 Å². The van der Waals surface area contributed by atoms with Crippen LogP contribution in [0.15, 0.2) is 18.2 Å². The van der Waals surface area contributed by atoms with E-state index in [9.17, 15) is 0 Å². The van der Waals surface area contributed by atoms with Gasteiger partial charge in [-0.25, -0.2) is 0 Å². The Balaban J connectivity index is 2.58. The maximum atomic E-state index is 6.05. The van der Waals surface area contributed by atoms with Crippen LogP contribution in [0.1, 0.15) is 20.8 Å². The fraction of sp³-hybridized carbons (Fsp3) is 0.500. The van der Waals surface area contributed by atoms with E-state index in [1.54, 1.807) is 6.07 Å². The summed E-state index contributed by atoms with van der Waals surface area (Å²) in [5, 5.41) is 4.02. The van der Waals surface area contributed by atoms with E-state index in [1.807, 2.05) is 12.1 Å². The molecule has 1 aromatic rings. The van der Waals surface area contributed by atoms with Crippen LogP contribution in [0.5, 0.6) is 0 Å². The molecule has 2 nitrogen and oxygen atoms in total. The molecule has 0 fully saturated rings. The molecule has 3 N–H and O–H groups in total. The molecule has 0 saturated carbocycles. The minimum absolute atomic E-state index is 0.624. The Kier molecular flexibility index (Phi) is 4.28. The van der Waals surface area contributed by atoms with Gasteiger partial charge in [-0.1, -0.05) is 32.4 Å². The fourth-order valence-corrected chi connectivity index (χ4v) is 1.44. The minimum atomic E-state index is 0.624. The molecule has 0 saturated heterocycles. The summed E-state index contributed by atoms with van der Waals surface area (Å²) < 4.78 is 0. The maximum Gasteiger partial charge on any atom is 0.0657 e. The van der Waals surface area contributed by atoms with Crippen molar-refractivity contribution in [3.63, 3.8) is 0 Å². The monoisotopic (exact) mass is 226 g/mol. The summed E-state index contributed by atoms with van der Waals surface area (Å²) in [5.74, 6) is 1.30. The molecule has 3 heteroatoms. The van der Waals surface area contributed by atoms with Gasteiger partial charge in [0.2, 0.25) is 0 Å². The Labute approximate surface area is 96.8 Å². The third kappa shape index (κ3) is 3.63. The lowest BCUT2D eigenvalue weighted by molar-refractivity contribution is 0.440. The number of benzene rings is 1. The van der Waals surface area contributed by atoms with E-state index in [1.165, 1.54) is 0 Å². The highest BCUT2D eigenvalue weighted by Crippen LogP contribution is 2.24. The topological polar surface area (TPSA) is 38.0 Å². The van der Waals surface area contributed by atoms with Gasteiger partial charge in [-0.05, 0) is 30.0 Å². The van der Waals surface area contributed by atoms with Gasteiger partial charge in [0.25, 0.3) is 0 Å². The molecule has 1 unspecified atom stereocenters. The highest BCUT2D eigenvalue weighted by molar-refractivity contribution is 6.33. The molecule has 0 aromatic heterocycles. The van der Waals surface area contributed by atoms with Crippen molar-refractivity contribution in [1.82, 2.24) is 0 Å². The van der Waals surface area contributed by atoms with Gasteiger partial charge in [0, 0.05) is 12.2 Å². The van der Waals surface area contributed by atoms with E-state index in [-0.39, 0.29) is 0 Å². The second-order valence-electron chi connectivity index (χ2n) is 4.34. The molecule has 0 aliphatic carbocycles. The van der Waals surface area contributed by atoms with Crippen LogP contribution in [0.3, 0.4) is 0 Å². The molecule has 0 aliphatic heterocycles. The number of hydrogen-bond donors (Lipinski definition) is 2. The number of halogens is 1. The van der Waals surface area contributed by atoms with Crippen LogP contribution in [0.25, 0.3) is 0 Å². The highest BCUT2D eigenvalue weighted by Gasteiger charge is 2.07. The minimum Gasteiger partial charge on any atom is -0.399 e. The Bertz CT molecular complexity index is 323. The van der Waals surface area contributed by atoms with E-state index >= 15 is 0 Å². The molecule has 1 aromatic carbocycles. The van der Waals surface area contributed by atoms with E-state index in [2.05, 4.69) is 26.1 Å². The predicted molar refractivity (Wildman–Crippen MR) is 68.4 cm³/mol. The summed E-state index contributed by atoms with van der Waals surface area (Å²) in [6, 6.07) is 5.54. The summed E-state index contributed by atoms with van der Waals surface area (Å²) >= 11 is 6.05. The number of anilines is 2. The molecular weight excluding hydrogens is 208 g/mol. The van der Waals surface area contributed by atoms with Crippen LogP contribution in [0.2, 0.25) is 5.02 Å². The third-order valence-electron chi connectivity index (χ3n) is 2.75. The van der Waals surface area contributed by atoms with Crippen LogP contribution in [-0.2, 0) is 0 Å². The Hall–Kier alpha value is -0.890. The van der Waals surface area contributed by atoms with Gasteiger partial charge in [-0.15, -0.1) is 0 Å². The first-order chi connectivity index (χ1) is 7.00. The van der Waals surface area contributed by atoms with Gasteiger partial charge < -0.3 is 11.1 Å². The number of nitrogens with two attached hydrogens (primary N) is 1. The zero-order chi connectivity index (χ0) is 11.4. The highest BCUT2D eigenvalue weighted by atomic mass is 35.5. The molecule has 0 radical (unpaired) electrons. The molecular formula is C12H19ClN2. The first-order valence-electron chi connectivity index (χ1n) is 5.29. The van der Waals surface area contributed by atoms with Gasteiger partial charge in [-0.2, -0.15) is 0 Å². The molecule has 1 atom stereocenters. The van der Waals surface area contributed by atoms with Crippen molar-refractivity contribution in [2.75, 3.05) is 17.6 Å². The first kappa shape index (κ1) is 12.2. The lowest BCUT2D eigenvalue weighted by Crippen LogP contribution is -2.16. The van der Waals surface area contributed by atoms with Crippen molar-refractivity contribution in [2.45, 2.75) is 20.8 Å². The van der Waals surface area contributed by atoms with Crippen LogP contribution >= 0.6 is 11.6 Å². The first-order valence-corrected chi connectivity index (χ1v) is 5.67. The van der Waals surface area contributed by atoms with Gasteiger partial charge in [0.05, 0.1) is 10.7 Å². The van der Waals surface area contributed by atoms with Crippen molar-refractivity contribution >= 4 is 23.0 Å². The SMILES string of the molecule is CC(C)C(C)CNc1ccc(N)cc1Cl. The van der Waals surface area contributed by atoms with Gasteiger partial charge >= 0.3 is 0 Å². The lowest BCUT2D eigenvalue weighted by Gasteiger charge is -2.17. The Morgan fingerprint density at radius 3 is 2.53 bits per heavy atom. The summed E-state index contributed by atoms with van der Waals surface area (Å²) in [6.45, 7) is 7.60. The molecule has 0 bridgehead atoms. The van der Waals surface area contributed by atoms with Gasteiger partial charge in [0.1, 0.15) is 0 Å². The van der Waals surface area contributed by atoms with Crippen molar-refractivity contribution in [3.05, 3.63) is 23.2 Å². The summed E-state index contributed by atoms with van der Waals surface area (Å²) in [6.07, 6.45) is 0. The average Bonchev–Trinajstić information content (AvgIpc) is 2.15. The second kappa shape index (κ2) is 5.26. The average molecular weight is 227 g/mol. The molecule has 0 heterocycles. The second-order valence-corrected chi connectivity index (χ2v) is 4.75. The van der Waals surface area contributed by atoms with E-state index in [0.717, 1.165) is 12.2 Å². The quantitative estimate of drug-likeness (QED) is 0.770. The Morgan fingerprint density at radius 2 is 2.00 bits per heavy atom. The van der Waals surface area contributed by atoms with E-state index < -0.39 is 0 Å². The predicted octanol–water partition coefficient (Wildman–Crippen LogP) is 3.63. The van der Waals surface area contributed by atoms with E-state index in [4.69, 9.17) is 17.3 Å². The summed E-state index contributed by atoms with van der Waals surface area (Å²) in [5.41, 5.74) is 7.27. The normalized spacial score (nSPS) is 12.9. The maximum absolute atomic E-state index is 6.05. The molecule has 0 amide bonds. The van der Waals surface area contributed by atoms with Crippen molar-refractivity contribution in [3.8, 4) is 0 Å². The molecule has 84 valence electrons. The lowest BCUT2D eigenvalue weighted by atomic mass is 9.98. The standard InChI is InChI=1S/C12H19ClN2/c1-8(2)9(3)7-15-12-5-4-10(14)6-11(12)13/h4-6,8-9,15H,7,14H2,1-3H3. The van der Waals surface area contributed by atoms with Crippen molar-refractivity contribution in [1.29, 1.82) is 0 Å². The summed E-state index contributed by atoms with van der Waals surface area (Å²) in [4.78, 5) is 0. The van der Waals surface area contributed by atoms with Gasteiger partial charge in [0.15, 0.2) is 0 Å². The van der Waals surface area contributed by atoms with Crippen molar-refractivity contribution in [2.24, 2.45) is 11.8 Å². The number of nitrogens with one attached hydrogen (secondary N) is 1. The smallest absolute Gasteiger partial charge is 0.0657 e. The number of rotatable bonds is 4. The number of nitrogen functional groups attached to an aromatic ring is 1. The summed E-state index contributed by atoms with van der Waals surface area (Å²) in [7, 11) is 0. The number of hydrogen-bond acceptors (Lipinski definition) is 2. The fourth-order valence-electron chi connectivity index (χ4n) is 1.18. The van der Waals surface area contributed by atoms with Crippen LogP contribution in [0, 0.1) is 11.8 Å². The molecule has 0 spiro atoms. The largest absolute Gasteiger partial charge is 0.399 e. The molecule has 1 rings (SSSR count). The molecule has 15 heavy (non-hydrogen) atoms.